The average Bonchev–Trinajstić information content (AvgIpc) is 2.24. The Morgan fingerprint density at radius 2 is 1.82 bits per heavy atom. The van der Waals surface area contributed by atoms with Gasteiger partial charge in [-0.25, -0.2) is 4.39 Å². The SMILES string of the molecule is OC(CNOCC(F)(F)F)c1ccc(F)cc1. The summed E-state index contributed by atoms with van der Waals surface area (Å²) in [6.07, 6.45) is -5.49. The van der Waals surface area contributed by atoms with Crippen molar-refractivity contribution in [3.8, 4) is 0 Å². The summed E-state index contributed by atoms with van der Waals surface area (Å²) in [6.45, 7) is -1.66. The second-order valence-corrected chi connectivity index (χ2v) is 3.32. The van der Waals surface area contributed by atoms with E-state index in [4.69, 9.17) is 0 Å². The van der Waals surface area contributed by atoms with Crippen molar-refractivity contribution >= 4 is 0 Å². The zero-order valence-corrected chi connectivity index (χ0v) is 8.67. The summed E-state index contributed by atoms with van der Waals surface area (Å²) in [5.74, 6) is -0.456. The highest BCUT2D eigenvalue weighted by molar-refractivity contribution is 5.18. The first-order chi connectivity index (χ1) is 7.88. The van der Waals surface area contributed by atoms with Crippen molar-refractivity contribution in [3.05, 3.63) is 35.6 Å². The van der Waals surface area contributed by atoms with E-state index in [9.17, 15) is 22.7 Å². The van der Waals surface area contributed by atoms with E-state index in [-0.39, 0.29) is 6.54 Å². The minimum absolute atomic E-state index is 0.221. The molecule has 1 atom stereocenters. The van der Waals surface area contributed by atoms with Gasteiger partial charge in [0.2, 0.25) is 0 Å². The molecule has 1 unspecified atom stereocenters. The molecule has 7 heteroatoms. The van der Waals surface area contributed by atoms with Gasteiger partial charge in [0.25, 0.3) is 0 Å². The zero-order valence-electron chi connectivity index (χ0n) is 8.67. The number of aliphatic hydroxyl groups excluding tert-OH is 1. The second kappa shape index (κ2) is 5.95. The van der Waals surface area contributed by atoms with E-state index in [1.165, 1.54) is 12.1 Å². The Balaban J connectivity index is 2.30. The predicted octanol–water partition coefficient (Wildman–Crippen LogP) is 1.94. The fraction of sp³-hybridized carbons (Fsp3) is 0.400. The quantitative estimate of drug-likeness (QED) is 0.478. The van der Waals surface area contributed by atoms with Gasteiger partial charge in [0.05, 0.1) is 12.6 Å². The fourth-order valence-electron chi connectivity index (χ4n) is 1.07. The molecule has 2 N–H and O–H groups in total. The Hall–Kier alpha value is -1.18. The van der Waals surface area contributed by atoms with Crippen LogP contribution in [-0.4, -0.2) is 24.4 Å². The topological polar surface area (TPSA) is 41.5 Å². The summed E-state index contributed by atoms with van der Waals surface area (Å²) in [5.41, 5.74) is 2.37. The Labute approximate surface area is 95.0 Å². The highest BCUT2D eigenvalue weighted by Gasteiger charge is 2.27. The Bertz CT molecular complexity index is 339. The molecule has 96 valence electrons. The van der Waals surface area contributed by atoms with E-state index < -0.39 is 24.7 Å². The first-order valence-electron chi connectivity index (χ1n) is 4.73. The van der Waals surface area contributed by atoms with Crippen molar-refractivity contribution in [3.63, 3.8) is 0 Å². The number of hydrogen-bond acceptors (Lipinski definition) is 3. The molecule has 1 rings (SSSR count). The molecule has 0 fully saturated rings. The summed E-state index contributed by atoms with van der Waals surface area (Å²) >= 11 is 0. The molecule has 0 saturated carbocycles. The van der Waals surface area contributed by atoms with Gasteiger partial charge in [-0.1, -0.05) is 12.1 Å². The van der Waals surface area contributed by atoms with E-state index in [1.807, 2.05) is 5.48 Å². The van der Waals surface area contributed by atoms with Crippen LogP contribution >= 0.6 is 0 Å². The third-order valence-electron chi connectivity index (χ3n) is 1.87. The summed E-state index contributed by atoms with van der Waals surface area (Å²) in [4.78, 5) is 4.10. The first kappa shape index (κ1) is 13.9. The maximum absolute atomic E-state index is 12.5. The molecular formula is C10H11F4NO2. The number of hydroxylamine groups is 1. The molecule has 1 aromatic rings. The fourth-order valence-corrected chi connectivity index (χ4v) is 1.07. The third-order valence-corrected chi connectivity index (χ3v) is 1.87. The van der Waals surface area contributed by atoms with Gasteiger partial charge in [0.15, 0.2) is 6.61 Å². The maximum Gasteiger partial charge on any atom is 0.413 e. The number of nitrogens with one attached hydrogen (secondary N) is 1. The maximum atomic E-state index is 12.5. The van der Waals surface area contributed by atoms with Gasteiger partial charge in [-0.05, 0) is 17.7 Å². The molecule has 0 spiro atoms. The highest BCUT2D eigenvalue weighted by Crippen LogP contribution is 2.15. The molecule has 17 heavy (non-hydrogen) atoms. The second-order valence-electron chi connectivity index (χ2n) is 3.32. The Kier molecular flexibility index (Phi) is 4.86. The molecule has 0 saturated heterocycles. The summed E-state index contributed by atoms with van der Waals surface area (Å²) in [6, 6.07) is 4.97. The lowest BCUT2D eigenvalue weighted by Crippen LogP contribution is -2.28. The third kappa shape index (κ3) is 5.62. The molecule has 0 aliphatic heterocycles. The van der Waals surface area contributed by atoms with Gasteiger partial charge in [0, 0.05) is 0 Å². The molecule has 3 nitrogen and oxygen atoms in total. The van der Waals surface area contributed by atoms with Gasteiger partial charge in [-0.2, -0.15) is 18.7 Å². The molecule has 1 aromatic carbocycles. The monoisotopic (exact) mass is 253 g/mol. The lowest BCUT2D eigenvalue weighted by atomic mass is 10.1. The van der Waals surface area contributed by atoms with Crippen LogP contribution in [0, 0.1) is 5.82 Å². The Morgan fingerprint density at radius 1 is 1.24 bits per heavy atom. The van der Waals surface area contributed by atoms with Crippen LogP contribution in [0.4, 0.5) is 17.6 Å². The van der Waals surface area contributed by atoms with Crippen LogP contribution in [0.25, 0.3) is 0 Å². The van der Waals surface area contributed by atoms with E-state index in [2.05, 4.69) is 4.84 Å². The predicted molar refractivity (Wildman–Crippen MR) is 51.4 cm³/mol. The van der Waals surface area contributed by atoms with Crippen LogP contribution in [0.3, 0.4) is 0 Å². The van der Waals surface area contributed by atoms with E-state index >= 15 is 0 Å². The summed E-state index contributed by atoms with van der Waals surface area (Å²) in [7, 11) is 0. The molecule has 0 aliphatic rings. The van der Waals surface area contributed by atoms with E-state index in [0.717, 1.165) is 12.1 Å². The van der Waals surface area contributed by atoms with Crippen LogP contribution in [-0.2, 0) is 4.84 Å². The highest BCUT2D eigenvalue weighted by atomic mass is 19.4. The Morgan fingerprint density at radius 3 is 2.35 bits per heavy atom. The first-order valence-corrected chi connectivity index (χ1v) is 4.73. The molecule has 0 heterocycles. The summed E-state index contributed by atoms with van der Waals surface area (Å²) in [5, 5.41) is 9.49. The lowest BCUT2D eigenvalue weighted by molar-refractivity contribution is -0.191. The number of benzene rings is 1. The van der Waals surface area contributed by atoms with E-state index in [0.29, 0.717) is 5.56 Å². The van der Waals surface area contributed by atoms with Crippen molar-refractivity contribution in [2.24, 2.45) is 0 Å². The van der Waals surface area contributed by atoms with Crippen molar-refractivity contribution in [2.75, 3.05) is 13.2 Å². The minimum atomic E-state index is -4.42. The normalized spacial score (nSPS) is 13.7. The zero-order chi connectivity index (χ0) is 12.9. The number of alkyl halides is 3. The smallest absolute Gasteiger partial charge is 0.387 e. The standard InChI is InChI=1S/C10H11F4NO2/c11-8-3-1-7(2-4-8)9(16)5-15-17-6-10(12,13)14/h1-4,9,15-16H,5-6H2. The van der Waals surface area contributed by atoms with Crippen LogP contribution in [0.1, 0.15) is 11.7 Å². The molecule has 0 aromatic heterocycles. The molecule has 0 amide bonds. The van der Waals surface area contributed by atoms with Gasteiger partial charge >= 0.3 is 6.18 Å². The number of aliphatic hydroxyl groups is 1. The molecule has 0 bridgehead atoms. The molecule has 0 radical (unpaired) electrons. The van der Waals surface area contributed by atoms with Crippen LogP contribution < -0.4 is 5.48 Å². The molecule has 0 aliphatic carbocycles. The van der Waals surface area contributed by atoms with Crippen LogP contribution in [0.5, 0.6) is 0 Å². The van der Waals surface area contributed by atoms with Gasteiger partial charge in [-0.15, -0.1) is 0 Å². The van der Waals surface area contributed by atoms with Gasteiger partial charge in [0.1, 0.15) is 5.82 Å². The number of halogens is 4. The largest absolute Gasteiger partial charge is 0.413 e. The van der Waals surface area contributed by atoms with Gasteiger partial charge in [-0.3, -0.25) is 4.84 Å². The molecular weight excluding hydrogens is 242 g/mol. The minimum Gasteiger partial charge on any atom is -0.387 e. The lowest BCUT2D eigenvalue weighted by Gasteiger charge is -2.13. The van der Waals surface area contributed by atoms with E-state index in [1.54, 1.807) is 0 Å². The average molecular weight is 253 g/mol. The van der Waals surface area contributed by atoms with Crippen molar-refractivity contribution < 1.29 is 27.5 Å². The van der Waals surface area contributed by atoms with Gasteiger partial charge < -0.3 is 5.11 Å². The van der Waals surface area contributed by atoms with Crippen LogP contribution in [0.2, 0.25) is 0 Å². The van der Waals surface area contributed by atoms with Crippen molar-refractivity contribution in [2.45, 2.75) is 12.3 Å². The summed E-state index contributed by atoms with van der Waals surface area (Å²) < 4.78 is 47.6. The number of rotatable bonds is 5. The number of hydrogen-bond donors (Lipinski definition) is 2. The van der Waals surface area contributed by atoms with Crippen molar-refractivity contribution in [1.82, 2.24) is 5.48 Å². The van der Waals surface area contributed by atoms with Crippen LogP contribution in [0.15, 0.2) is 24.3 Å². The van der Waals surface area contributed by atoms with Crippen molar-refractivity contribution in [1.29, 1.82) is 0 Å².